The molecule has 0 saturated heterocycles. The maximum absolute atomic E-state index is 13.8. The monoisotopic (exact) mass is 378 g/mol. The molecule has 3 aromatic carbocycles. The van der Waals surface area contributed by atoms with Gasteiger partial charge in [-0.15, -0.1) is 0 Å². The number of amides is 1. The lowest BCUT2D eigenvalue weighted by Gasteiger charge is -2.20. The van der Waals surface area contributed by atoms with Gasteiger partial charge in [0.05, 0.1) is 11.0 Å². The molecule has 3 rings (SSSR count). The van der Waals surface area contributed by atoms with Crippen molar-refractivity contribution in [2.24, 2.45) is 0 Å². The Labute approximate surface area is 162 Å². The van der Waals surface area contributed by atoms with E-state index in [1.165, 1.54) is 30.3 Å². The highest BCUT2D eigenvalue weighted by molar-refractivity contribution is 5.98. The first-order valence-corrected chi connectivity index (χ1v) is 8.88. The molecule has 142 valence electrons. The zero-order valence-electron chi connectivity index (χ0n) is 15.3. The van der Waals surface area contributed by atoms with Crippen LogP contribution in [0.5, 0.6) is 0 Å². The molecule has 1 atom stereocenters. The Morgan fingerprint density at radius 2 is 1.75 bits per heavy atom. The van der Waals surface area contributed by atoms with E-state index in [1.807, 2.05) is 31.2 Å². The smallest absolute Gasteiger partial charge is 0.282 e. The second-order valence-electron chi connectivity index (χ2n) is 6.33. The first-order valence-electron chi connectivity index (χ1n) is 8.88. The van der Waals surface area contributed by atoms with E-state index >= 15 is 0 Å². The van der Waals surface area contributed by atoms with Gasteiger partial charge in [-0.1, -0.05) is 55.5 Å². The maximum Gasteiger partial charge on any atom is 0.282 e. The second kappa shape index (κ2) is 8.43. The van der Waals surface area contributed by atoms with Gasteiger partial charge in [0.15, 0.2) is 0 Å². The summed E-state index contributed by atoms with van der Waals surface area (Å²) in [6.45, 7) is 2.04. The van der Waals surface area contributed by atoms with Crippen molar-refractivity contribution < 1.29 is 14.1 Å². The maximum atomic E-state index is 13.8. The third kappa shape index (κ3) is 4.23. The molecule has 6 heteroatoms. The van der Waals surface area contributed by atoms with Gasteiger partial charge in [-0.25, -0.2) is 4.39 Å². The predicted molar refractivity (Wildman–Crippen MR) is 105 cm³/mol. The number of aryl methyl sites for hydroxylation is 1. The van der Waals surface area contributed by atoms with E-state index in [0.29, 0.717) is 5.56 Å². The lowest BCUT2D eigenvalue weighted by molar-refractivity contribution is -0.385. The molecule has 0 heterocycles. The molecule has 1 unspecified atom stereocenters. The van der Waals surface area contributed by atoms with Crippen LogP contribution in [-0.4, -0.2) is 10.8 Å². The van der Waals surface area contributed by atoms with Crippen LogP contribution in [0.3, 0.4) is 0 Å². The van der Waals surface area contributed by atoms with Gasteiger partial charge in [0, 0.05) is 6.07 Å². The number of nitro benzene ring substituents is 1. The summed E-state index contributed by atoms with van der Waals surface area (Å²) in [6, 6.07) is 18.7. The van der Waals surface area contributed by atoms with Crippen LogP contribution in [0.15, 0.2) is 72.8 Å². The van der Waals surface area contributed by atoms with Crippen molar-refractivity contribution >= 4 is 11.6 Å². The van der Waals surface area contributed by atoms with Crippen LogP contribution < -0.4 is 5.32 Å². The second-order valence-corrected chi connectivity index (χ2v) is 6.33. The Kier molecular flexibility index (Phi) is 5.79. The molecule has 5 nitrogen and oxygen atoms in total. The number of hydrogen-bond donors (Lipinski definition) is 1. The quantitative estimate of drug-likeness (QED) is 0.494. The molecular weight excluding hydrogens is 359 g/mol. The van der Waals surface area contributed by atoms with Gasteiger partial charge in [0.2, 0.25) is 0 Å². The SMILES string of the molecule is CCc1ccc(C(NC(=O)c2ccccc2[N+](=O)[O-])c2cccc(F)c2)cc1. The van der Waals surface area contributed by atoms with Gasteiger partial charge < -0.3 is 5.32 Å². The van der Waals surface area contributed by atoms with Crippen molar-refractivity contribution in [3.8, 4) is 0 Å². The van der Waals surface area contributed by atoms with Crippen LogP contribution >= 0.6 is 0 Å². The number of nitrogens with one attached hydrogen (secondary N) is 1. The summed E-state index contributed by atoms with van der Waals surface area (Å²) in [6.07, 6.45) is 0.869. The molecule has 1 amide bonds. The molecule has 0 aromatic heterocycles. The average Bonchev–Trinajstić information content (AvgIpc) is 2.72. The van der Waals surface area contributed by atoms with E-state index in [4.69, 9.17) is 0 Å². The number of hydrogen-bond acceptors (Lipinski definition) is 3. The van der Waals surface area contributed by atoms with Crippen molar-refractivity contribution in [1.82, 2.24) is 5.32 Å². The molecule has 0 saturated carbocycles. The van der Waals surface area contributed by atoms with Crippen LogP contribution in [0.2, 0.25) is 0 Å². The summed E-state index contributed by atoms with van der Waals surface area (Å²) in [7, 11) is 0. The molecule has 0 aliphatic rings. The first kappa shape index (κ1) is 19.2. The molecule has 28 heavy (non-hydrogen) atoms. The lowest BCUT2D eigenvalue weighted by Crippen LogP contribution is -2.30. The van der Waals surface area contributed by atoms with Gasteiger partial charge in [-0.05, 0) is 41.3 Å². The van der Waals surface area contributed by atoms with E-state index < -0.39 is 22.7 Å². The Bertz CT molecular complexity index is 1000. The van der Waals surface area contributed by atoms with Crippen molar-refractivity contribution in [3.05, 3.63) is 111 Å². The summed E-state index contributed by atoms with van der Waals surface area (Å²) in [5, 5.41) is 14.1. The van der Waals surface area contributed by atoms with Gasteiger partial charge >= 0.3 is 0 Å². The fraction of sp³-hybridized carbons (Fsp3) is 0.136. The Balaban J connectivity index is 2.00. The molecule has 0 spiro atoms. The van der Waals surface area contributed by atoms with Crippen molar-refractivity contribution in [2.45, 2.75) is 19.4 Å². The summed E-state index contributed by atoms with van der Waals surface area (Å²) in [5.41, 5.74) is 2.12. The number of benzene rings is 3. The minimum atomic E-state index is -0.645. The van der Waals surface area contributed by atoms with Crippen LogP contribution in [-0.2, 0) is 6.42 Å². The number of nitro groups is 1. The van der Waals surface area contributed by atoms with E-state index in [1.54, 1.807) is 18.2 Å². The summed E-state index contributed by atoms with van der Waals surface area (Å²) in [4.78, 5) is 23.5. The molecule has 0 fully saturated rings. The largest absolute Gasteiger partial charge is 0.341 e. The minimum Gasteiger partial charge on any atom is -0.341 e. The highest BCUT2D eigenvalue weighted by Crippen LogP contribution is 2.25. The normalized spacial score (nSPS) is 11.6. The highest BCUT2D eigenvalue weighted by atomic mass is 19.1. The first-order chi connectivity index (χ1) is 13.5. The number of para-hydroxylation sites is 1. The lowest BCUT2D eigenvalue weighted by atomic mass is 9.96. The Morgan fingerprint density at radius 3 is 2.39 bits per heavy atom. The van der Waals surface area contributed by atoms with E-state index in [-0.39, 0.29) is 11.3 Å². The van der Waals surface area contributed by atoms with E-state index in [9.17, 15) is 19.3 Å². The molecule has 1 N–H and O–H groups in total. The van der Waals surface area contributed by atoms with Crippen LogP contribution in [0, 0.1) is 15.9 Å². The molecule has 0 bridgehead atoms. The predicted octanol–water partition coefficient (Wildman–Crippen LogP) is 4.82. The van der Waals surface area contributed by atoms with E-state index in [0.717, 1.165) is 17.5 Å². The molecule has 0 aliphatic carbocycles. The molecule has 0 aliphatic heterocycles. The van der Waals surface area contributed by atoms with E-state index in [2.05, 4.69) is 5.32 Å². The summed E-state index contributed by atoms with van der Waals surface area (Å²) in [5.74, 6) is -1.02. The number of nitrogens with zero attached hydrogens (tertiary/aromatic N) is 1. The number of halogens is 1. The third-order valence-corrected chi connectivity index (χ3v) is 4.52. The minimum absolute atomic E-state index is 0.0425. The summed E-state index contributed by atoms with van der Waals surface area (Å²) < 4.78 is 13.8. The average molecular weight is 378 g/mol. The van der Waals surface area contributed by atoms with Crippen molar-refractivity contribution in [2.75, 3.05) is 0 Å². The van der Waals surface area contributed by atoms with Crippen LogP contribution in [0.1, 0.15) is 40.0 Å². The van der Waals surface area contributed by atoms with Crippen molar-refractivity contribution in [1.29, 1.82) is 0 Å². The molecular formula is C22H19FN2O3. The van der Waals surface area contributed by atoms with Gasteiger partial charge in [0.25, 0.3) is 11.6 Å². The number of rotatable bonds is 6. The van der Waals surface area contributed by atoms with Gasteiger partial charge in [-0.2, -0.15) is 0 Å². The zero-order valence-corrected chi connectivity index (χ0v) is 15.3. The number of carbonyl (C=O) groups excluding carboxylic acids is 1. The number of carbonyl (C=O) groups is 1. The Hall–Kier alpha value is -3.54. The summed E-state index contributed by atoms with van der Waals surface area (Å²) >= 11 is 0. The fourth-order valence-corrected chi connectivity index (χ4v) is 3.02. The molecule has 3 aromatic rings. The molecule has 0 radical (unpaired) electrons. The standard InChI is InChI=1S/C22H19FN2O3/c1-2-15-10-12-16(13-11-15)21(17-6-5-7-18(23)14-17)24-22(26)19-8-3-4-9-20(19)25(27)28/h3-14,21H,2H2,1H3,(H,24,26). The Morgan fingerprint density at radius 1 is 1.04 bits per heavy atom. The third-order valence-electron chi connectivity index (χ3n) is 4.52. The van der Waals surface area contributed by atoms with Crippen LogP contribution in [0.25, 0.3) is 0 Å². The van der Waals surface area contributed by atoms with Crippen molar-refractivity contribution in [3.63, 3.8) is 0 Å². The van der Waals surface area contributed by atoms with Gasteiger partial charge in [-0.3, -0.25) is 14.9 Å². The topological polar surface area (TPSA) is 72.2 Å². The van der Waals surface area contributed by atoms with Gasteiger partial charge in [0.1, 0.15) is 11.4 Å². The zero-order chi connectivity index (χ0) is 20.1. The highest BCUT2D eigenvalue weighted by Gasteiger charge is 2.23. The van der Waals surface area contributed by atoms with Crippen LogP contribution in [0.4, 0.5) is 10.1 Å². The fourth-order valence-electron chi connectivity index (χ4n) is 3.02.